The van der Waals surface area contributed by atoms with Crippen molar-refractivity contribution in [2.75, 3.05) is 20.8 Å². The van der Waals surface area contributed by atoms with Crippen molar-refractivity contribution in [3.63, 3.8) is 0 Å². The Morgan fingerprint density at radius 1 is 1.12 bits per heavy atom. The number of hydrogen-bond acceptors (Lipinski definition) is 8. The van der Waals surface area contributed by atoms with E-state index >= 15 is 0 Å². The largest absolute Gasteiger partial charge is 0.493 e. The summed E-state index contributed by atoms with van der Waals surface area (Å²) >= 11 is 4.08. The highest BCUT2D eigenvalue weighted by atomic mass is 79.9. The molecule has 0 spiro atoms. The molecule has 0 saturated carbocycles. The fraction of sp³-hybridized carbons (Fsp3) is 0.182. The lowest BCUT2D eigenvalue weighted by atomic mass is 10.1. The Morgan fingerprint density at radius 3 is 2.44 bits per heavy atom. The number of amides is 2. The fourth-order valence-corrected chi connectivity index (χ4v) is 4.12. The van der Waals surface area contributed by atoms with E-state index in [1.54, 1.807) is 36.4 Å². The number of carbonyl (C=O) groups is 4. The van der Waals surface area contributed by atoms with Crippen molar-refractivity contribution in [3.8, 4) is 11.5 Å². The highest BCUT2D eigenvalue weighted by Crippen LogP contribution is 2.39. The van der Waals surface area contributed by atoms with Gasteiger partial charge >= 0.3 is 11.9 Å². The maximum absolute atomic E-state index is 12.5. The number of carbonyl (C=O) groups excluding carboxylic acids is 4. The van der Waals surface area contributed by atoms with Gasteiger partial charge in [0, 0.05) is 0 Å². The highest BCUT2D eigenvalue weighted by Gasteiger charge is 2.36. The van der Waals surface area contributed by atoms with Crippen LogP contribution in [0.2, 0.25) is 0 Å². The van der Waals surface area contributed by atoms with Gasteiger partial charge in [-0.05, 0) is 70.5 Å². The average molecular weight is 520 g/mol. The van der Waals surface area contributed by atoms with E-state index in [0.717, 1.165) is 10.5 Å². The molecule has 2 amide bonds. The molecule has 1 saturated heterocycles. The minimum absolute atomic E-state index is 0.136. The Balaban J connectivity index is 1.85. The van der Waals surface area contributed by atoms with E-state index in [4.69, 9.17) is 9.47 Å². The number of imide groups is 1. The van der Waals surface area contributed by atoms with E-state index in [0.29, 0.717) is 27.4 Å². The van der Waals surface area contributed by atoms with Crippen LogP contribution in [0.3, 0.4) is 0 Å². The molecule has 32 heavy (non-hydrogen) atoms. The minimum atomic E-state index is -0.697. The average Bonchev–Trinajstić information content (AvgIpc) is 3.02. The van der Waals surface area contributed by atoms with E-state index < -0.39 is 29.6 Å². The van der Waals surface area contributed by atoms with Crippen molar-refractivity contribution in [1.29, 1.82) is 0 Å². The molecule has 0 aromatic heterocycles. The summed E-state index contributed by atoms with van der Waals surface area (Å²) in [5.74, 6) is -1.43. The Hall–Kier alpha value is -3.11. The molecule has 0 unspecified atom stereocenters. The van der Waals surface area contributed by atoms with Crippen LogP contribution in [0.4, 0.5) is 4.79 Å². The predicted molar refractivity (Wildman–Crippen MR) is 122 cm³/mol. The van der Waals surface area contributed by atoms with Crippen LogP contribution >= 0.6 is 27.7 Å². The van der Waals surface area contributed by atoms with Crippen molar-refractivity contribution < 1.29 is 33.4 Å². The second-order valence-electron chi connectivity index (χ2n) is 6.63. The van der Waals surface area contributed by atoms with Gasteiger partial charge in [-0.3, -0.25) is 19.3 Å². The van der Waals surface area contributed by atoms with Crippen LogP contribution in [0.5, 0.6) is 11.5 Å². The lowest BCUT2D eigenvalue weighted by molar-refractivity contribution is -0.143. The van der Waals surface area contributed by atoms with Gasteiger partial charge in [0.2, 0.25) is 0 Å². The van der Waals surface area contributed by atoms with E-state index in [9.17, 15) is 19.2 Å². The first-order valence-electron chi connectivity index (χ1n) is 9.22. The number of thioether (sulfide) groups is 1. The maximum Gasteiger partial charge on any atom is 0.343 e. The normalized spacial score (nSPS) is 14.6. The molecule has 1 aliphatic heterocycles. The molecule has 10 heteroatoms. The highest BCUT2D eigenvalue weighted by molar-refractivity contribution is 9.10. The van der Waals surface area contributed by atoms with Crippen LogP contribution in [-0.2, 0) is 14.3 Å². The summed E-state index contributed by atoms with van der Waals surface area (Å²) in [6.45, 7) is 1.46. The first kappa shape index (κ1) is 23.6. The summed E-state index contributed by atoms with van der Waals surface area (Å²) in [6.07, 6.45) is 1.49. The van der Waals surface area contributed by atoms with Crippen LogP contribution in [0.1, 0.15) is 21.5 Å². The topological polar surface area (TPSA) is 99.2 Å². The first-order chi connectivity index (χ1) is 15.2. The van der Waals surface area contributed by atoms with Crippen LogP contribution in [-0.4, -0.2) is 48.7 Å². The quantitative estimate of drug-likeness (QED) is 0.318. The Bertz CT molecular complexity index is 1130. The Morgan fingerprint density at radius 2 is 1.81 bits per heavy atom. The van der Waals surface area contributed by atoms with Crippen molar-refractivity contribution in [2.45, 2.75) is 6.92 Å². The van der Waals surface area contributed by atoms with E-state index in [2.05, 4.69) is 20.7 Å². The summed E-state index contributed by atoms with van der Waals surface area (Å²) < 4.78 is 15.8. The number of rotatable bonds is 6. The predicted octanol–water partition coefficient (Wildman–Crippen LogP) is 4.19. The van der Waals surface area contributed by atoms with E-state index in [1.165, 1.54) is 20.3 Å². The van der Waals surface area contributed by atoms with Gasteiger partial charge in [-0.2, -0.15) is 0 Å². The maximum atomic E-state index is 12.5. The molecular formula is C22H18BrNO7S. The van der Waals surface area contributed by atoms with E-state index in [-0.39, 0.29) is 16.4 Å². The summed E-state index contributed by atoms with van der Waals surface area (Å²) in [5.41, 5.74) is 1.92. The second-order valence-corrected chi connectivity index (χ2v) is 8.48. The fourth-order valence-electron chi connectivity index (χ4n) is 2.74. The van der Waals surface area contributed by atoms with Crippen molar-refractivity contribution in [3.05, 3.63) is 62.5 Å². The molecule has 2 aromatic rings. The lowest BCUT2D eigenvalue weighted by Crippen LogP contribution is -2.34. The number of benzene rings is 2. The van der Waals surface area contributed by atoms with Gasteiger partial charge in [-0.25, -0.2) is 4.79 Å². The molecule has 8 nitrogen and oxygen atoms in total. The van der Waals surface area contributed by atoms with Crippen LogP contribution in [0.15, 0.2) is 45.8 Å². The van der Waals surface area contributed by atoms with Gasteiger partial charge in [0.15, 0.2) is 11.5 Å². The standard InChI is InChI=1S/C22H18BrNO7S/c1-12-4-6-14(7-5-12)21(27)31-19-15(23)8-13(9-16(19)29-2)10-17-20(26)24(22(28)32-17)11-18(25)30-3/h4-10H,11H2,1-3H3/b17-10-. The SMILES string of the molecule is COC(=O)CN1C(=O)S/C(=C\c2cc(Br)c(OC(=O)c3ccc(C)cc3)c(OC)c2)C1=O. The third kappa shape index (κ3) is 5.20. The van der Waals surface area contributed by atoms with Crippen LogP contribution in [0.25, 0.3) is 6.08 Å². The summed E-state index contributed by atoms with van der Waals surface area (Å²) in [7, 11) is 2.59. The molecule has 1 heterocycles. The van der Waals surface area contributed by atoms with Crippen molar-refractivity contribution in [1.82, 2.24) is 4.90 Å². The third-order valence-corrected chi connectivity index (χ3v) is 5.92. The zero-order valence-electron chi connectivity index (χ0n) is 17.3. The molecule has 1 fully saturated rings. The molecule has 2 aromatic carbocycles. The zero-order valence-corrected chi connectivity index (χ0v) is 19.7. The molecule has 0 radical (unpaired) electrons. The molecule has 166 valence electrons. The minimum Gasteiger partial charge on any atom is -0.493 e. The molecule has 3 rings (SSSR count). The van der Waals surface area contributed by atoms with Crippen molar-refractivity contribution >= 4 is 56.9 Å². The summed E-state index contributed by atoms with van der Waals surface area (Å²) in [5, 5.41) is -0.568. The lowest BCUT2D eigenvalue weighted by Gasteiger charge is -2.13. The van der Waals surface area contributed by atoms with Gasteiger partial charge in [0.25, 0.3) is 11.1 Å². The first-order valence-corrected chi connectivity index (χ1v) is 10.8. The Kier molecular flexibility index (Phi) is 7.37. The Labute approximate surface area is 196 Å². The third-order valence-electron chi connectivity index (χ3n) is 4.42. The van der Waals surface area contributed by atoms with Crippen molar-refractivity contribution in [2.24, 2.45) is 0 Å². The number of aryl methyl sites for hydroxylation is 1. The number of ether oxygens (including phenoxy) is 3. The molecule has 1 aliphatic rings. The van der Waals surface area contributed by atoms with Gasteiger partial charge < -0.3 is 14.2 Å². The van der Waals surface area contributed by atoms with Crippen LogP contribution in [0, 0.1) is 6.92 Å². The number of nitrogens with zero attached hydrogens (tertiary/aromatic N) is 1. The smallest absolute Gasteiger partial charge is 0.343 e. The molecule has 0 bridgehead atoms. The zero-order chi connectivity index (χ0) is 23.4. The molecular weight excluding hydrogens is 502 g/mol. The number of halogens is 1. The number of esters is 2. The van der Waals surface area contributed by atoms with Gasteiger partial charge in [-0.1, -0.05) is 17.7 Å². The molecule has 0 atom stereocenters. The summed E-state index contributed by atoms with van der Waals surface area (Å²) in [6, 6.07) is 10.1. The second kappa shape index (κ2) is 10.0. The summed E-state index contributed by atoms with van der Waals surface area (Å²) in [4.78, 5) is 49.5. The van der Waals surface area contributed by atoms with Gasteiger partial charge in [0.1, 0.15) is 6.54 Å². The monoisotopic (exact) mass is 519 g/mol. The van der Waals surface area contributed by atoms with Crippen LogP contribution < -0.4 is 9.47 Å². The van der Waals surface area contributed by atoms with E-state index in [1.807, 2.05) is 6.92 Å². The number of methoxy groups -OCH3 is 2. The van der Waals surface area contributed by atoms with Gasteiger partial charge in [0.05, 0.1) is 29.2 Å². The number of hydrogen-bond donors (Lipinski definition) is 0. The molecule has 0 N–H and O–H groups in total. The van der Waals surface area contributed by atoms with Gasteiger partial charge in [-0.15, -0.1) is 0 Å². The molecule has 0 aliphatic carbocycles.